The predicted molar refractivity (Wildman–Crippen MR) is 81.7 cm³/mol. The molecule has 1 fully saturated rings. The first kappa shape index (κ1) is 14.5. The monoisotopic (exact) mass is 301 g/mol. The van der Waals surface area contributed by atoms with Crippen LogP contribution in [0.4, 0.5) is 5.82 Å². The van der Waals surface area contributed by atoms with Gasteiger partial charge in [-0.3, -0.25) is 0 Å². The summed E-state index contributed by atoms with van der Waals surface area (Å²) in [5.74, 6) is 1.98. The number of hydrogen-bond acceptors (Lipinski definition) is 7. The molecule has 7 nitrogen and oxygen atoms in total. The molecule has 116 valence electrons. The second-order valence-electron chi connectivity index (χ2n) is 5.35. The molecule has 1 aliphatic rings. The van der Waals surface area contributed by atoms with Gasteiger partial charge in [-0.2, -0.15) is 10.1 Å². The first-order valence-corrected chi connectivity index (χ1v) is 7.26. The first-order valence-electron chi connectivity index (χ1n) is 7.26. The van der Waals surface area contributed by atoms with Crippen LogP contribution < -0.4 is 15.2 Å². The van der Waals surface area contributed by atoms with Crippen LogP contribution in [0.5, 0.6) is 11.9 Å². The van der Waals surface area contributed by atoms with Crippen LogP contribution >= 0.6 is 0 Å². The van der Waals surface area contributed by atoms with Crippen LogP contribution in [-0.4, -0.2) is 34.4 Å². The van der Waals surface area contributed by atoms with Gasteiger partial charge in [0, 0.05) is 17.3 Å². The van der Waals surface area contributed by atoms with Gasteiger partial charge in [-0.25, -0.2) is 4.98 Å². The van der Waals surface area contributed by atoms with Crippen molar-refractivity contribution in [2.75, 3.05) is 20.0 Å². The number of nitrogens with zero attached hydrogens (tertiary/aromatic N) is 4. The molecule has 2 atom stereocenters. The minimum atomic E-state index is 0.259. The third-order valence-electron chi connectivity index (χ3n) is 4.13. The van der Waals surface area contributed by atoms with E-state index in [1.165, 1.54) is 7.11 Å². The van der Waals surface area contributed by atoms with Crippen molar-refractivity contribution in [3.63, 3.8) is 0 Å². The van der Waals surface area contributed by atoms with E-state index in [0.717, 1.165) is 29.5 Å². The maximum absolute atomic E-state index is 6.08. The summed E-state index contributed by atoms with van der Waals surface area (Å²) >= 11 is 0. The summed E-state index contributed by atoms with van der Waals surface area (Å²) in [6, 6.07) is 0.259. The maximum atomic E-state index is 6.08. The molecule has 1 saturated carbocycles. The van der Waals surface area contributed by atoms with Crippen molar-refractivity contribution in [3.05, 3.63) is 18.0 Å². The summed E-state index contributed by atoms with van der Waals surface area (Å²) in [4.78, 5) is 8.40. The van der Waals surface area contributed by atoms with E-state index >= 15 is 0 Å². The van der Waals surface area contributed by atoms with Gasteiger partial charge in [0.25, 0.3) is 0 Å². The van der Waals surface area contributed by atoms with Crippen LogP contribution in [-0.2, 0) is 0 Å². The summed E-state index contributed by atoms with van der Waals surface area (Å²) in [5, 5.41) is 7.99. The minimum Gasteiger partial charge on any atom is -0.480 e. The Kier molecular flexibility index (Phi) is 3.79. The topological polar surface area (TPSA) is 96.0 Å². The Morgan fingerprint density at radius 1 is 1.23 bits per heavy atom. The number of anilines is 1. The summed E-state index contributed by atoms with van der Waals surface area (Å²) in [6.07, 6.45) is 5.62. The highest BCUT2D eigenvalue weighted by atomic mass is 16.5. The van der Waals surface area contributed by atoms with E-state index in [0.29, 0.717) is 23.5 Å². The molecule has 0 bridgehead atoms. The Morgan fingerprint density at radius 2 is 2.05 bits per heavy atom. The number of ether oxygens (including phenoxy) is 2. The van der Waals surface area contributed by atoms with Crippen LogP contribution in [0.2, 0.25) is 0 Å². The van der Waals surface area contributed by atoms with Crippen molar-refractivity contribution in [1.29, 1.82) is 0 Å². The maximum Gasteiger partial charge on any atom is 0.319 e. The van der Waals surface area contributed by atoms with Crippen molar-refractivity contribution in [2.45, 2.75) is 25.7 Å². The highest BCUT2D eigenvalue weighted by molar-refractivity contribution is 5.75. The fourth-order valence-electron chi connectivity index (χ4n) is 2.86. The van der Waals surface area contributed by atoms with Crippen molar-refractivity contribution < 1.29 is 9.47 Å². The van der Waals surface area contributed by atoms with E-state index in [2.05, 4.69) is 27.1 Å². The van der Waals surface area contributed by atoms with Crippen LogP contribution in [0.15, 0.2) is 12.4 Å². The van der Waals surface area contributed by atoms with Crippen molar-refractivity contribution in [3.8, 4) is 23.0 Å². The van der Waals surface area contributed by atoms with Crippen LogP contribution in [0, 0.1) is 5.92 Å². The van der Waals surface area contributed by atoms with Crippen LogP contribution in [0.1, 0.15) is 31.2 Å². The van der Waals surface area contributed by atoms with E-state index in [1.54, 1.807) is 19.5 Å². The summed E-state index contributed by atoms with van der Waals surface area (Å²) < 4.78 is 10.4. The highest BCUT2D eigenvalue weighted by Gasteiger charge is 2.40. The molecule has 2 aromatic heterocycles. The van der Waals surface area contributed by atoms with E-state index in [-0.39, 0.29) is 6.01 Å². The van der Waals surface area contributed by atoms with Gasteiger partial charge in [-0.1, -0.05) is 13.3 Å². The van der Waals surface area contributed by atoms with Crippen molar-refractivity contribution in [1.82, 2.24) is 20.2 Å². The average Bonchev–Trinajstić information content (AvgIpc) is 3.33. The molecule has 0 saturated heterocycles. The lowest BCUT2D eigenvalue weighted by atomic mass is 9.99. The normalized spacial score (nSPS) is 19.8. The number of nitrogens with two attached hydrogens (primary N) is 1. The molecule has 2 aromatic rings. The van der Waals surface area contributed by atoms with E-state index < -0.39 is 0 Å². The van der Waals surface area contributed by atoms with Gasteiger partial charge in [0.15, 0.2) is 0 Å². The molecule has 0 aliphatic heterocycles. The van der Waals surface area contributed by atoms with Gasteiger partial charge in [0.05, 0.1) is 26.0 Å². The lowest BCUT2D eigenvalue weighted by molar-refractivity contribution is 0.353. The van der Waals surface area contributed by atoms with Gasteiger partial charge >= 0.3 is 6.01 Å². The minimum absolute atomic E-state index is 0.259. The molecular formula is C15H19N5O2. The largest absolute Gasteiger partial charge is 0.480 e. The van der Waals surface area contributed by atoms with E-state index in [4.69, 9.17) is 15.2 Å². The molecule has 0 amide bonds. The van der Waals surface area contributed by atoms with Gasteiger partial charge in [0.2, 0.25) is 5.88 Å². The molecule has 2 N–H and O–H groups in total. The summed E-state index contributed by atoms with van der Waals surface area (Å²) in [5.41, 5.74) is 8.74. The van der Waals surface area contributed by atoms with Crippen LogP contribution in [0.3, 0.4) is 0 Å². The molecule has 2 heterocycles. The van der Waals surface area contributed by atoms with Crippen molar-refractivity contribution >= 4 is 5.82 Å². The summed E-state index contributed by atoms with van der Waals surface area (Å²) in [6.45, 7) is 2.19. The van der Waals surface area contributed by atoms with Crippen LogP contribution in [0.25, 0.3) is 11.1 Å². The fourth-order valence-corrected chi connectivity index (χ4v) is 2.86. The third kappa shape index (κ3) is 2.43. The second kappa shape index (κ2) is 5.75. The van der Waals surface area contributed by atoms with Crippen molar-refractivity contribution in [2.24, 2.45) is 5.92 Å². The molecule has 1 aliphatic carbocycles. The molecule has 7 heteroatoms. The average molecular weight is 301 g/mol. The molecule has 0 unspecified atom stereocenters. The third-order valence-corrected chi connectivity index (χ3v) is 4.13. The molecule has 0 radical (unpaired) electrons. The lowest BCUT2D eigenvalue weighted by Gasteiger charge is -2.13. The van der Waals surface area contributed by atoms with Gasteiger partial charge < -0.3 is 15.2 Å². The molecular weight excluding hydrogens is 282 g/mol. The second-order valence-corrected chi connectivity index (χ2v) is 5.35. The Balaban J connectivity index is 2.11. The molecule has 22 heavy (non-hydrogen) atoms. The highest BCUT2D eigenvalue weighted by Crippen LogP contribution is 2.53. The number of hydrogen-bond donors (Lipinski definition) is 1. The van der Waals surface area contributed by atoms with Gasteiger partial charge in [-0.05, 0) is 18.3 Å². The Bertz CT molecular complexity index is 692. The van der Waals surface area contributed by atoms with E-state index in [9.17, 15) is 0 Å². The fraction of sp³-hybridized carbons (Fsp3) is 0.467. The SMILES string of the molecule is CC[C@H]1C[C@@H]1c1c(-c2cnc(OC)nc2OC)cnnc1N. The van der Waals surface area contributed by atoms with E-state index in [1.807, 2.05) is 0 Å². The first-order chi connectivity index (χ1) is 10.7. The number of rotatable bonds is 5. The Labute approximate surface area is 128 Å². The lowest BCUT2D eigenvalue weighted by Crippen LogP contribution is -2.04. The predicted octanol–water partition coefficient (Wildman–Crippen LogP) is 2.05. The Morgan fingerprint density at radius 3 is 2.68 bits per heavy atom. The van der Waals surface area contributed by atoms with Gasteiger partial charge in [0.1, 0.15) is 5.82 Å². The smallest absolute Gasteiger partial charge is 0.319 e. The number of methoxy groups -OCH3 is 2. The number of nitrogen functional groups attached to an aromatic ring is 1. The summed E-state index contributed by atoms with van der Waals surface area (Å²) in [7, 11) is 3.08. The molecule has 0 spiro atoms. The zero-order valence-corrected chi connectivity index (χ0v) is 12.9. The quantitative estimate of drug-likeness (QED) is 0.902. The zero-order valence-electron chi connectivity index (χ0n) is 12.9. The molecule has 3 rings (SSSR count). The van der Waals surface area contributed by atoms with Gasteiger partial charge in [-0.15, -0.1) is 5.10 Å². The zero-order chi connectivity index (χ0) is 15.7. The molecule has 0 aromatic carbocycles. The Hall–Kier alpha value is -2.44. The number of aromatic nitrogens is 4. The standard InChI is InChI=1S/C15H19N5O2/c1-4-8-5-9(8)12-10(7-18-20-13(12)16)11-6-17-15(22-3)19-14(11)21-2/h6-9H,4-5H2,1-3H3,(H2,16,20)/t8-,9-/m0/s1.